The molecule has 0 aliphatic carbocycles. The van der Waals surface area contributed by atoms with Gasteiger partial charge < -0.3 is 5.73 Å². The van der Waals surface area contributed by atoms with E-state index in [1.165, 1.54) is 6.07 Å². The third-order valence-electron chi connectivity index (χ3n) is 1.86. The standard InChI is InChI=1S/C10H12F3N/c1-6(14)4-8-5-7(10(12)13)2-3-9(8)11/h2-3,5-6,10H,4,14H2,1H3. The van der Waals surface area contributed by atoms with Gasteiger partial charge in [0, 0.05) is 11.6 Å². The van der Waals surface area contributed by atoms with Gasteiger partial charge in [-0.3, -0.25) is 0 Å². The Hall–Kier alpha value is -1.03. The Morgan fingerprint density at radius 3 is 2.50 bits per heavy atom. The maximum Gasteiger partial charge on any atom is 0.263 e. The van der Waals surface area contributed by atoms with Crippen molar-refractivity contribution in [3.05, 3.63) is 35.1 Å². The van der Waals surface area contributed by atoms with Crippen molar-refractivity contribution in [2.24, 2.45) is 5.73 Å². The van der Waals surface area contributed by atoms with E-state index in [9.17, 15) is 13.2 Å². The first-order valence-corrected chi connectivity index (χ1v) is 4.32. The minimum atomic E-state index is -2.57. The zero-order valence-electron chi connectivity index (χ0n) is 7.81. The van der Waals surface area contributed by atoms with E-state index in [4.69, 9.17) is 5.73 Å². The molecule has 0 amide bonds. The van der Waals surface area contributed by atoms with Crippen molar-refractivity contribution in [2.45, 2.75) is 25.8 Å². The van der Waals surface area contributed by atoms with Gasteiger partial charge in [-0.15, -0.1) is 0 Å². The zero-order chi connectivity index (χ0) is 10.7. The minimum absolute atomic E-state index is 0.165. The van der Waals surface area contributed by atoms with E-state index >= 15 is 0 Å². The first-order valence-electron chi connectivity index (χ1n) is 4.32. The molecule has 1 nitrogen and oxygen atoms in total. The normalized spacial score (nSPS) is 13.3. The maximum atomic E-state index is 13.1. The summed E-state index contributed by atoms with van der Waals surface area (Å²) in [6.45, 7) is 1.70. The van der Waals surface area contributed by atoms with Gasteiger partial charge in [-0.2, -0.15) is 0 Å². The lowest BCUT2D eigenvalue weighted by molar-refractivity contribution is 0.151. The number of halogens is 3. The third-order valence-corrected chi connectivity index (χ3v) is 1.86. The quantitative estimate of drug-likeness (QED) is 0.802. The highest BCUT2D eigenvalue weighted by Gasteiger charge is 2.11. The highest BCUT2D eigenvalue weighted by molar-refractivity contribution is 5.26. The lowest BCUT2D eigenvalue weighted by Crippen LogP contribution is -2.18. The van der Waals surface area contributed by atoms with Crippen LogP contribution >= 0.6 is 0 Å². The summed E-state index contributed by atoms with van der Waals surface area (Å²) in [6, 6.07) is 3.07. The molecular weight excluding hydrogens is 191 g/mol. The number of hydrogen-bond acceptors (Lipinski definition) is 1. The van der Waals surface area contributed by atoms with Crippen LogP contribution in [0.25, 0.3) is 0 Å². The molecule has 0 bridgehead atoms. The van der Waals surface area contributed by atoms with Gasteiger partial charge in [-0.05, 0) is 31.0 Å². The second-order valence-corrected chi connectivity index (χ2v) is 3.33. The Kier molecular flexibility index (Phi) is 3.52. The van der Waals surface area contributed by atoms with Gasteiger partial charge in [-0.1, -0.05) is 6.07 Å². The maximum absolute atomic E-state index is 13.1. The second-order valence-electron chi connectivity index (χ2n) is 3.33. The van der Waals surface area contributed by atoms with Crippen LogP contribution in [0, 0.1) is 5.82 Å². The predicted octanol–water partition coefficient (Wildman–Crippen LogP) is 2.65. The smallest absolute Gasteiger partial charge is 0.263 e. The highest BCUT2D eigenvalue weighted by atomic mass is 19.3. The van der Waals surface area contributed by atoms with E-state index in [0.29, 0.717) is 0 Å². The van der Waals surface area contributed by atoms with Crippen molar-refractivity contribution in [1.29, 1.82) is 0 Å². The number of benzene rings is 1. The fraction of sp³-hybridized carbons (Fsp3) is 0.400. The molecule has 0 aromatic heterocycles. The van der Waals surface area contributed by atoms with Gasteiger partial charge in [0.15, 0.2) is 0 Å². The summed E-state index contributed by atoms with van der Waals surface area (Å²) in [5.74, 6) is -0.480. The summed E-state index contributed by atoms with van der Waals surface area (Å²) in [7, 11) is 0. The SMILES string of the molecule is CC(N)Cc1cc(C(F)F)ccc1F. The molecule has 0 aliphatic heterocycles. The minimum Gasteiger partial charge on any atom is -0.328 e. The monoisotopic (exact) mass is 203 g/mol. The van der Waals surface area contributed by atoms with E-state index in [-0.39, 0.29) is 23.6 Å². The van der Waals surface area contributed by atoms with Crippen LogP contribution in [0.2, 0.25) is 0 Å². The highest BCUT2D eigenvalue weighted by Crippen LogP contribution is 2.21. The summed E-state index contributed by atoms with van der Waals surface area (Å²) in [4.78, 5) is 0. The molecule has 1 aromatic carbocycles. The van der Waals surface area contributed by atoms with E-state index in [2.05, 4.69) is 0 Å². The van der Waals surface area contributed by atoms with Crippen LogP contribution in [0.5, 0.6) is 0 Å². The van der Waals surface area contributed by atoms with Crippen molar-refractivity contribution < 1.29 is 13.2 Å². The van der Waals surface area contributed by atoms with Crippen LogP contribution < -0.4 is 5.73 Å². The van der Waals surface area contributed by atoms with Gasteiger partial charge in [0.2, 0.25) is 0 Å². The Bertz CT molecular complexity index is 310. The predicted molar refractivity (Wildman–Crippen MR) is 48.7 cm³/mol. The van der Waals surface area contributed by atoms with Crippen LogP contribution in [0.15, 0.2) is 18.2 Å². The van der Waals surface area contributed by atoms with Gasteiger partial charge >= 0.3 is 0 Å². The average molecular weight is 203 g/mol. The number of hydrogen-bond donors (Lipinski definition) is 1. The first kappa shape index (κ1) is 11.0. The topological polar surface area (TPSA) is 26.0 Å². The molecule has 0 fully saturated rings. The van der Waals surface area contributed by atoms with Gasteiger partial charge in [-0.25, -0.2) is 13.2 Å². The molecule has 1 unspecified atom stereocenters. The van der Waals surface area contributed by atoms with E-state index in [1.807, 2.05) is 0 Å². The molecule has 0 saturated heterocycles. The molecule has 4 heteroatoms. The Balaban J connectivity index is 2.96. The van der Waals surface area contributed by atoms with Crippen molar-refractivity contribution in [2.75, 3.05) is 0 Å². The fourth-order valence-corrected chi connectivity index (χ4v) is 1.23. The van der Waals surface area contributed by atoms with E-state index < -0.39 is 12.2 Å². The summed E-state index contributed by atoms with van der Waals surface area (Å²) in [5.41, 5.74) is 5.55. The summed E-state index contributed by atoms with van der Waals surface area (Å²) in [5, 5.41) is 0. The number of alkyl halides is 2. The first-order chi connectivity index (χ1) is 6.50. The molecule has 1 aromatic rings. The summed E-state index contributed by atoms with van der Waals surface area (Å²) < 4.78 is 37.6. The van der Waals surface area contributed by atoms with Crippen LogP contribution in [0.1, 0.15) is 24.5 Å². The Morgan fingerprint density at radius 1 is 1.36 bits per heavy atom. The van der Waals surface area contributed by atoms with Gasteiger partial charge in [0.1, 0.15) is 5.82 Å². The van der Waals surface area contributed by atoms with Gasteiger partial charge in [0.05, 0.1) is 0 Å². The molecule has 1 rings (SSSR count). The lowest BCUT2D eigenvalue weighted by Gasteiger charge is -2.08. The van der Waals surface area contributed by atoms with E-state index in [0.717, 1.165) is 12.1 Å². The fourth-order valence-electron chi connectivity index (χ4n) is 1.23. The van der Waals surface area contributed by atoms with Crippen molar-refractivity contribution in [3.8, 4) is 0 Å². The molecular formula is C10H12F3N. The van der Waals surface area contributed by atoms with Crippen LogP contribution in [-0.4, -0.2) is 6.04 Å². The number of rotatable bonds is 3. The van der Waals surface area contributed by atoms with Crippen LogP contribution in [-0.2, 0) is 6.42 Å². The molecule has 2 N–H and O–H groups in total. The van der Waals surface area contributed by atoms with Crippen molar-refractivity contribution >= 4 is 0 Å². The molecule has 0 heterocycles. The summed E-state index contributed by atoms with van der Waals surface area (Å²) in [6.07, 6.45) is -2.30. The molecule has 78 valence electrons. The van der Waals surface area contributed by atoms with Crippen molar-refractivity contribution in [1.82, 2.24) is 0 Å². The zero-order valence-corrected chi connectivity index (χ0v) is 7.81. The van der Waals surface area contributed by atoms with Crippen LogP contribution in [0.3, 0.4) is 0 Å². The van der Waals surface area contributed by atoms with Gasteiger partial charge in [0.25, 0.3) is 6.43 Å². The Labute approximate surface area is 80.7 Å². The largest absolute Gasteiger partial charge is 0.328 e. The second kappa shape index (κ2) is 4.46. The molecule has 0 aliphatic rings. The Morgan fingerprint density at radius 2 is 2.00 bits per heavy atom. The van der Waals surface area contributed by atoms with Crippen LogP contribution in [0.4, 0.5) is 13.2 Å². The third kappa shape index (κ3) is 2.73. The van der Waals surface area contributed by atoms with E-state index in [1.54, 1.807) is 6.92 Å². The lowest BCUT2D eigenvalue weighted by atomic mass is 10.0. The number of nitrogens with two attached hydrogens (primary N) is 1. The molecule has 0 saturated carbocycles. The molecule has 1 atom stereocenters. The molecule has 0 radical (unpaired) electrons. The molecule has 0 spiro atoms. The average Bonchev–Trinajstić information content (AvgIpc) is 2.07. The summed E-state index contributed by atoms with van der Waals surface area (Å²) >= 11 is 0. The van der Waals surface area contributed by atoms with Crippen molar-refractivity contribution in [3.63, 3.8) is 0 Å². The molecule has 14 heavy (non-hydrogen) atoms.